The van der Waals surface area contributed by atoms with Crippen molar-refractivity contribution in [3.8, 4) is 0 Å². The van der Waals surface area contributed by atoms with Crippen LogP contribution < -0.4 is 5.32 Å². The maximum Gasteiger partial charge on any atom is 0.254 e. The SMILES string of the molecule is CC1CN(C(=O)c2cccc3c2CCCN3)CC(C)O1.Cl. The number of nitrogens with zero attached hydrogens (tertiary/aromatic N) is 1. The predicted octanol–water partition coefficient (Wildman–Crippen LogP) is 2.72. The van der Waals surface area contributed by atoms with E-state index in [1.165, 1.54) is 5.56 Å². The van der Waals surface area contributed by atoms with Gasteiger partial charge in [-0.1, -0.05) is 6.07 Å². The number of carbonyl (C=O) groups is 1. The molecule has 0 bridgehead atoms. The number of hydrogen-bond acceptors (Lipinski definition) is 3. The zero-order valence-corrected chi connectivity index (χ0v) is 13.4. The van der Waals surface area contributed by atoms with Gasteiger partial charge in [-0.2, -0.15) is 0 Å². The normalized spacial score (nSPS) is 24.6. The molecule has 1 amide bonds. The summed E-state index contributed by atoms with van der Waals surface area (Å²) in [5, 5.41) is 3.38. The van der Waals surface area contributed by atoms with Gasteiger partial charge in [-0.25, -0.2) is 0 Å². The predicted molar refractivity (Wildman–Crippen MR) is 86.4 cm³/mol. The second-order valence-corrected chi connectivity index (χ2v) is 5.83. The molecule has 0 saturated carbocycles. The molecule has 2 heterocycles. The quantitative estimate of drug-likeness (QED) is 0.867. The van der Waals surface area contributed by atoms with Crippen LogP contribution in [0.2, 0.25) is 0 Å². The van der Waals surface area contributed by atoms with Crippen LogP contribution in [0.25, 0.3) is 0 Å². The van der Waals surface area contributed by atoms with Gasteiger partial charge in [0.15, 0.2) is 0 Å². The molecule has 0 aromatic heterocycles. The fourth-order valence-electron chi connectivity index (χ4n) is 3.22. The van der Waals surface area contributed by atoms with E-state index in [0.717, 1.165) is 30.6 Å². The first kappa shape index (κ1) is 16.1. The topological polar surface area (TPSA) is 41.6 Å². The molecular formula is C16H23ClN2O2. The van der Waals surface area contributed by atoms with Gasteiger partial charge in [-0.3, -0.25) is 4.79 Å². The number of fused-ring (bicyclic) bond motifs is 1. The highest BCUT2D eigenvalue weighted by Gasteiger charge is 2.28. The molecule has 2 aliphatic rings. The highest BCUT2D eigenvalue weighted by molar-refractivity contribution is 5.97. The number of halogens is 1. The Morgan fingerprint density at radius 1 is 1.29 bits per heavy atom. The molecule has 1 fully saturated rings. The first-order valence-corrected chi connectivity index (χ1v) is 7.45. The second kappa shape index (κ2) is 6.67. The minimum absolute atomic E-state index is 0. The van der Waals surface area contributed by atoms with Crippen molar-refractivity contribution >= 4 is 24.0 Å². The lowest BCUT2D eigenvalue weighted by atomic mass is 9.96. The van der Waals surface area contributed by atoms with Gasteiger partial charge in [0.2, 0.25) is 0 Å². The number of anilines is 1. The van der Waals surface area contributed by atoms with Crippen LogP contribution in [-0.4, -0.2) is 42.6 Å². The van der Waals surface area contributed by atoms with E-state index in [2.05, 4.69) is 11.4 Å². The van der Waals surface area contributed by atoms with E-state index >= 15 is 0 Å². The summed E-state index contributed by atoms with van der Waals surface area (Å²) in [5.74, 6) is 0.146. The zero-order chi connectivity index (χ0) is 14.1. The Hall–Kier alpha value is -1.26. The van der Waals surface area contributed by atoms with Crippen molar-refractivity contribution in [3.05, 3.63) is 29.3 Å². The van der Waals surface area contributed by atoms with Crippen LogP contribution in [0.15, 0.2) is 18.2 Å². The summed E-state index contributed by atoms with van der Waals surface area (Å²) in [7, 11) is 0. The fraction of sp³-hybridized carbons (Fsp3) is 0.562. The Balaban J connectivity index is 0.00000161. The molecule has 2 unspecified atom stereocenters. The highest BCUT2D eigenvalue weighted by atomic mass is 35.5. The van der Waals surface area contributed by atoms with E-state index in [1.807, 2.05) is 30.9 Å². The van der Waals surface area contributed by atoms with Crippen LogP contribution in [0.3, 0.4) is 0 Å². The molecule has 4 nitrogen and oxygen atoms in total. The molecule has 0 spiro atoms. The smallest absolute Gasteiger partial charge is 0.254 e. The van der Waals surface area contributed by atoms with Crippen LogP contribution in [0.1, 0.15) is 36.2 Å². The molecule has 1 aromatic rings. The Morgan fingerprint density at radius 2 is 2.00 bits per heavy atom. The van der Waals surface area contributed by atoms with Crippen LogP contribution in [0.5, 0.6) is 0 Å². The average molecular weight is 311 g/mol. The minimum Gasteiger partial charge on any atom is -0.385 e. The van der Waals surface area contributed by atoms with Crippen molar-refractivity contribution in [2.75, 3.05) is 25.0 Å². The summed E-state index contributed by atoms with van der Waals surface area (Å²) in [6.45, 7) is 6.41. The Morgan fingerprint density at radius 3 is 2.71 bits per heavy atom. The summed E-state index contributed by atoms with van der Waals surface area (Å²) in [6.07, 6.45) is 2.30. The molecule has 21 heavy (non-hydrogen) atoms. The average Bonchev–Trinajstić information content (AvgIpc) is 2.45. The van der Waals surface area contributed by atoms with Crippen molar-refractivity contribution in [2.45, 2.75) is 38.9 Å². The molecule has 1 saturated heterocycles. The number of benzene rings is 1. The summed E-state index contributed by atoms with van der Waals surface area (Å²) in [6, 6.07) is 5.99. The molecule has 5 heteroatoms. The number of amides is 1. The van der Waals surface area contributed by atoms with Gasteiger partial charge in [0.25, 0.3) is 5.91 Å². The molecule has 1 aromatic carbocycles. The van der Waals surface area contributed by atoms with E-state index in [9.17, 15) is 4.79 Å². The number of rotatable bonds is 1. The maximum atomic E-state index is 12.8. The number of carbonyl (C=O) groups excluding carboxylic acids is 1. The fourth-order valence-corrected chi connectivity index (χ4v) is 3.22. The lowest BCUT2D eigenvalue weighted by Gasteiger charge is -2.36. The van der Waals surface area contributed by atoms with Gasteiger partial charge in [-0.05, 0) is 44.4 Å². The van der Waals surface area contributed by atoms with Crippen LogP contribution in [-0.2, 0) is 11.2 Å². The summed E-state index contributed by atoms with van der Waals surface area (Å²) >= 11 is 0. The van der Waals surface area contributed by atoms with E-state index in [-0.39, 0.29) is 30.5 Å². The minimum atomic E-state index is 0. The molecule has 2 aliphatic heterocycles. The largest absolute Gasteiger partial charge is 0.385 e. The number of hydrogen-bond donors (Lipinski definition) is 1. The zero-order valence-electron chi connectivity index (χ0n) is 12.6. The van der Waals surface area contributed by atoms with Crippen molar-refractivity contribution in [1.29, 1.82) is 0 Å². The Labute approximate surface area is 132 Å². The maximum absolute atomic E-state index is 12.8. The van der Waals surface area contributed by atoms with Gasteiger partial charge < -0.3 is 15.0 Å². The van der Waals surface area contributed by atoms with Crippen molar-refractivity contribution < 1.29 is 9.53 Å². The molecule has 3 rings (SSSR count). The van der Waals surface area contributed by atoms with E-state index in [0.29, 0.717) is 13.1 Å². The third kappa shape index (κ3) is 3.33. The molecule has 0 aliphatic carbocycles. The third-order valence-electron chi connectivity index (χ3n) is 4.03. The van der Waals surface area contributed by atoms with Crippen molar-refractivity contribution in [1.82, 2.24) is 4.90 Å². The van der Waals surface area contributed by atoms with Gasteiger partial charge >= 0.3 is 0 Å². The lowest BCUT2D eigenvalue weighted by molar-refractivity contribution is -0.0586. The van der Waals surface area contributed by atoms with E-state index in [4.69, 9.17) is 4.74 Å². The molecule has 1 N–H and O–H groups in total. The first-order chi connectivity index (χ1) is 9.65. The van der Waals surface area contributed by atoms with Crippen LogP contribution >= 0.6 is 12.4 Å². The molecular weight excluding hydrogens is 288 g/mol. The number of ether oxygens (including phenoxy) is 1. The van der Waals surface area contributed by atoms with Crippen molar-refractivity contribution in [2.24, 2.45) is 0 Å². The first-order valence-electron chi connectivity index (χ1n) is 7.45. The van der Waals surface area contributed by atoms with Crippen LogP contribution in [0, 0.1) is 0 Å². The molecule has 116 valence electrons. The van der Waals surface area contributed by atoms with E-state index in [1.54, 1.807) is 0 Å². The van der Waals surface area contributed by atoms with Crippen LogP contribution in [0.4, 0.5) is 5.69 Å². The molecule has 0 radical (unpaired) electrons. The van der Waals surface area contributed by atoms with Gasteiger partial charge in [-0.15, -0.1) is 12.4 Å². The summed E-state index contributed by atoms with van der Waals surface area (Å²) in [4.78, 5) is 14.7. The van der Waals surface area contributed by atoms with E-state index < -0.39 is 0 Å². The lowest BCUT2D eigenvalue weighted by Crippen LogP contribution is -2.48. The van der Waals surface area contributed by atoms with Crippen molar-refractivity contribution in [3.63, 3.8) is 0 Å². The van der Waals surface area contributed by atoms with Gasteiger partial charge in [0.05, 0.1) is 12.2 Å². The third-order valence-corrected chi connectivity index (χ3v) is 4.03. The van der Waals surface area contributed by atoms with Gasteiger partial charge in [0.1, 0.15) is 0 Å². The Kier molecular flexibility index (Phi) is 5.12. The number of morpholine rings is 1. The molecule has 2 atom stereocenters. The monoisotopic (exact) mass is 310 g/mol. The summed E-state index contributed by atoms with van der Waals surface area (Å²) in [5.41, 5.74) is 3.16. The Bertz CT molecular complexity index is 511. The highest BCUT2D eigenvalue weighted by Crippen LogP contribution is 2.27. The standard InChI is InChI=1S/C16H22N2O2.ClH/c1-11-9-18(10-12(2)20-11)16(19)14-5-3-7-15-13(14)6-4-8-17-15;/h3,5,7,11-12,17H,4,6,8-10H2,1-2H3;1H. The second-order valence-electron chi connectivity index (χ2n) is 5.83. The number of nitrogens with one attached hydrogen (secondary N) is 1. The van der Waals surface area contributed by atoms with Gasteiger partial charge in [0, 0.05) is 30.9 Å². The summed E-state index contributed by atoms with van der Waals surface area (Å²) < 4.78 is 5.71.